The summed E-state index contributed by atoms with van der Waals surface area (Å²) >= 11 is 0. The molecule has 0 radical (unpaired) electrons. The zero-order chi connectivity index (χ0) is 15.2. The smallest absolute Gasteiger partial charge is 0.341 e. The van der Waals surface area contributed by atoms with Crippen LogP contribution in [0.4, 0.5) is 0 Å². The van der Waals surface area contributed by atoms with Crippen molar-refractivity contribution in [1.29, 1.82) is 0 Å². The quantitative estimate of drug-likeness (QED) is 0.453. The Morgan fingerprint density at radius 2 is 1.95 bits per heavy atom. The molecule has 1 heterocycles. The van der Waals surface area contributed by atoms with Crippen LogP contribution in [0.15, 0.2) is 16.3 Å². The summed E-state index contributed by atoms with van der Waals surface area (Å²) in [4.78, 5) is 16.2. The fourth-order valence-electron chi connectivity index (χ4n) is 2.00. The summed E-state index contributed by atoms with van der Waals surface area (Å²) in [5, 5.41) is 0. The van der Waals surface area contributed by atoms with Gasteiger partial charge in [-0.15, -0.1) is 0 Å². The van der Waals surface area contributed by atoms with Crippen molar-refractivity contribution in [2.24, 2.45) is 10.7 Å². The first-order chi connectivity index (χ1) is 9.39. The van der Waals surface area contributed by atoms with E-state index in [0.29, 0.717) is 49.8 Å². The Bertz CT molecular complexity index is 405. The molecule has 1 aliphatic heterocycles. The van der Waals surface area contributed by atoms with Crippen LogP contribution in [0.3, 0.4) is 0 Å². The first-order valence-electron chi connectivity index (χ1n) is 6.82. The minimum absolute atomic E-state index is 0.308. The third-order valence-corrected chi connectivity index (χ3v) is 3.05. The van der Waals surface area contributed by atoms with E-state index in [9.17, 15) is 4.79 Å². The number of aliphatic imine (C=N–C) groups is 1. The molecule has 2 N–H and O–H groups in total. The van der Waals surface area contributed by atoms with Crippen LogP contribution >= 0.6 is 0 Å². The molecule has 6 heteroatoms. The number of hydrogen-bond acceptors (Lipinski definition) is 6. The van der Waals surface area contributed by atoms with Crippen molar-refractivity contribution in [2.75, 3.05) is 26.4 Å². The summed E-state index contributed by atoms with van der Waals surface area (Å²) in [6.07, 6.45) is 0.629. The lowest BCUT2D eigenvalue weighted by molar-refractivity contribution is -0.144. The minimum atomic E-state index is -0.574. The number of nitrogens with two attached hydrogens (primary N) is 1. The topological polar surface area (TPSA) is 83.1 Å². The standard InChI is InChI=1S/C14H24N2O4/c1-5-18-13(17)12(10(2)15)11(3)16-7-6-14(4)19-8-9-20-14/h5-9,15H2,1-4H3. The first kappa shape index (κ1) is 16.7. The summed E-state index contributed by atoms with van der Waals surface area (Å²) in [5.41, 5.74) is 7.06. The number of esters is 1. The highest BCUT2D eigenvalue weighted by atomic mass is 16.7. The van der Waals surface area contributed by atoms with Crippen LogP contribution in [-0.4, -0.2) is 43.8 Å². The van der Waals surface area contributed by atoms with Gasteiger partial charge in [-0.3, -0.25) is 4.99 Å². The number of ether oxygens (including phenoxy) is 3. The average Bonchev–Trinajstić information content (AvgIpc) is 2.76. The highest BCUT2D eigenvalue weighted by Crippen LogP contribution is 2.22. The molecule has 0 amide bonds. The molecular formula is C14H24N2O4. The van der Waals surface area contributed by atoms with Gasteiger partial charge in [0.05, 0.1) is 25.4 Å². The van der Waals surface area contributed by atoms with E-state index in [1.54, 1.807) is 20.8 Å². The van der Waals surface area contributed by atoms with Gasteiger partial charge in [0, 0.05) is 24.4 Å². The third kappa shape index (κ3) is 4.61. The van der Waals surface area contributed by atoms with E-state index in [-0.39, 0.29) is 0 Å². The average molecular weight is 284 g/mol. The molecule has 0 aromatic rings. The van der Waals surface area contributed by atoms with E-state index in [2.05, 4.69) is 4.99 Å². The van der Waals surface area contributed by atoms with Crippen LogP contribution in [0.5, 0.6) is 0 Å². The van der Waals surface area contributed by atoms with Crippen LogP contribution < -0.4 is 5.73 Å². The van der Waals surface area contributed by atoms with Gasteiger partial charge in [0.1, 0.15) is 0 Å². The van der Waals surface area contributed by atoms with Crippen LogP contribution in [0.25, 0.3) is 0 Å². The van der Waals surface area contributed by atoms with E-state index >= 15 is 0 Å². The molecule has 0 atom stereocenters. The summed E-state index contributed by atoms with van der Waals surface area (Å²) in [5.74, 6) is -1.01. The Morgan fingerprint density at radius 1 is 1.35 bits per heavy atom. The van der Waals surface area contributed by atoms with Gasteiger partial charge in [-0.25, -0.2) is 4.79 Å². The third-order valence-electron chi connectivity index (χ3n) is 3.05. The first-order valence-corrected chi connectivity index (χ1v) is 6.82. The summed E-state index contributed by atoms with van der Waals surface area (Å²) in [6.45, 7) is 9.08. The van der Waals surface area contributed by atoms with Gasteiger partial charge in [-0.2, -0.15) is 0 Å². The van der Waals surface area contributed by atoms with Crippen molar-refractivity contribution < 1.29 is 19.0 Å². The molecule has 0 aromatic heterocycles. The number of rotatable bonds is 6. The Labute approximate surface area is 120 Å². The highest BCUT2D eigenvalue weighted by Gasteiger charge is 2.30. The second-order valence-corrected chi connectivity index (χ2v) is 4.83. The number of hydrogen-bond donors (Lipinski definition) is 1. The van der Waals surface area contributed by atoms with Gasteiger partial charge in [0.2, 0.25) is 0 Å². The molecule has 0 unspecified atom stereocenters. The van der Waals surface area contributed by atoms with Crippen LogP contribution in [0.2, 0.25) is 0 Å². The van der Waals surface area contributed by atoms with Crippen molar-refractivity contribution in [3.63, 3.8) is 0 Å². The van der Waals surface area contributed by atoms with E-state index < -0.39 is 11.8 Å². The molecule has 1 aliphatic rings. The lowest BCUT2D eigenvalue weighted by atomic mass is 10.1. The Morgan fingerprint density at radius 3 is 2.45 bits per heavy atom. The van der Waals surface area contributed by atoms with E-state index in [1.807, 2.05) is 6.92 Å². The molecule has 1 rings (SSSR count). The van der Waals surface area contributed by atoms with Crippen molar-refractivity contribution in [3.05, 3.63) is 11.3 Å². The Kier molecular flexibility index (Phi) is 6.16. The van der Waals surface area contributed by atoms with Crippen LogP contribution in [0.1, 0.15) is 34.1 Å². The molecule has 1 fully saturated rings. The van der Waals surface area contributed by atoms with Crippen molar-refractivity contribution in [3.8, 4) is 0 Å². The maximum absolute atomic E-state index is 11.8. The van der Waals surface area contributed by atoms with Gasteiger partial charge >= 0.3 is 5.97 Å². The maximum Gasteiger partial charge on any atom is 0.341 e. The van der Waals surface area contributed by atoms with E-state index in [4.69, 9.17) is 19.9 Å². The van der Waals surface area contributed by atoms with Crippen molar-refractivity contribution in [1.82, 2.24) is 0 Å². The molecule has 1 saturated heterocycles. The fourth-order valence-corrected chi connectivity index (χ4v) is 2.00. The molecular weight excluding hydrogens is 260 g/mol. The predicted octanol–water partition coefficient (Wildman–Crippen LogP) is 1.40. The Balaban J connectivity index is 2.65. The lowest BCUT2D eigenvalue weighted by Crippen LogP contribution is -2.26. The highest BCUT2D eigenvalue weighted by molar-refractivity contribution is 6.19. The molecule has 114 valence electrons. The number of allylic oxidation sites excluding steroid dienone is 1. The zero-order valence-electron chi connectivity index (χ0n) is 12.7. The molecule has 0 bridgehead atoms. The maximum atomic E-state index is 11.8. The molecule has 20 heavy (non-hydrogen) atoms. The fraction of sp³-hybridized carbons (Fsp3) is 0.714. The summed E-state index contributed by atoms with van der Waals surface area (Å²) in [7, 11) is 0. The monoisotopic (exact) mass is 284 g/mol. The molecule has 0 spiro atoms. The number of nitrogens with zero attached hydrogens (tertiary/aromatic N) is 1. The number of carbonyl (C=O) groups excluding carboxylic acids is 1. The predicted molar refractivity (Wildman–Crippen MR) is 76.4 cm³/mol. The van der Waals surface area contributed by atoms with Gasteiger partial charge in [-0.05, 0) is 27.7 Å². The van der Waals surface area contributed by atoms with Crippen LogP contribution in [0, 0.1) is 0 Å². The second kappa shape index (κ2) is 7.40. The summed E-state index contributed by atoms with van der Waals surface area (Å²) in [6, 6.07) is 0. The molecule has 0 saturated carbocycles. The van der Waals surface area contributed by atoms with Gasteiger partial charge in [0.25, 0.3) is 0 Å². The Hall–Kier alpha value is -1.40. The van der Waals surface area contributed by atoms with Gasteiger partial charge in [0.15, 0.2) is 5.79 Å². The van der Waals surface area contributed by atoms with Crippen LogP contribution in [-0.2, 0) is 19.0 Å². The van der Waals surface area contributed by atoms with Crippen molar-refractivity contribution in [2.45, 2.75) is 39.9 Å². The zero-order valence-corrected chi connectivity index (χ0v) is 12.7. The lowest BCUT2D eigenvalue weighted by Gasteiger charge is -2.21. The minimum Gasteiger partial charge on any atom is -0.462 e. The SMILES string of the molecule is CCOC(=O)C(C(C)=NCCC1(C)OCCO1)=C(C)N. The second-order valence-electron chi connectivity index (χ2n) is 4.83. The van der Waals surface area contributed by atoms with Gasteiger partial charge in [-0.1, -0.05) is 0 Å². The molecule has 0 aromatic carbocycles. The largest absolute Gasteiger partial charge is 0.462 e. The molecule has 0 aliphatic carbocycles. The number of carbonyl (C=O) groups is 1. The van der Waals surface area contributed by atoms with E-state index in [0.717, 1.165) is 0 Å². The normalized spacial score (nSPS) is 19.7. The van der Waals surface area contributed by atoms with Gasteiger partial charge < -0.3 is 19.9 Å². The van der Waals surface area contributed by atoms with Crippen molar-refractivity contribution >= 4 is 11.7 Å². The summed E-state index contributed by atoms with van der Waals surface area (Å²) < 4.78 is 16.0. The molecule has 6 nitrogen and oxygen atoms in total. The van der Waals surface area contributed by atoms with E-state index in [1.165, 1.54) is 0 Å².